The predicted octanol–water partition coefficient (Wildman–Crippen LogP) is 1.80. The van der Waals surface area contributed by atoms with E-state index in [-0.39, 0.29) is 0 Å². The number of rotatable bonds is 1. The van der Waals surface area contributed by atoms with Gasteiger partial charge in [0, 0.05) is 16.4 Å². The van der Waals surface area contributed by atoms with E-state index < -0.39 is 0 Å². The molecule has 0 atom stereocenters. The van der Waals surface area contributed by atoms with E-state index >= 15 is 0 Å². The lowest BCUT2D eigenvalue weighted by Crippen LogP contribution is -1.84. The zero-order valence-corrected chi connectivity index (χ0v) is 7.79. The molecule has 0 N–H and O–H groups in total. The van der Waals surface area contributed by atoms with Gasteiger partial charge in [-0.25, -0.2) is 0 Å². The summed E-state index contributed by atoms with van der Waals surface area (Å²) in [4.78, 5) is 0. The first kappa shape index (κ1) is 8.47. The van der Waals surface area contributed by atoms with Crippen molar-refractivity contribution in [2.75, 3.05) is 0 Å². The maximum absolute atomic E-state index is 5.90. The van der Waals surface area contributed by atoms with Crippen molar-refractivity contribution in [3.8, 4) is 11.4 Å². The first-order valence-corrected chi connectivity index (χ1v) is 4.17. The zero-order valence-electron chi connectivity index (χ0n) is 6.28. The molecule has 66 valence electrons. The summed E-state index contributed by atoms with van der Waals surface area (Å²) in [6, 6.07) is 5.05. The van der Waals surface area contributed by atoms with Gasteiger partial charge < -0.3 is 5.10 Å². The molecule has 0 aliphatic heterocycles. The van der Waals surface area contributed by atoms with Gasteiger partial charge in [-0.1, -0.05) is 29.3 Å². The molecule has 4 nitrogen and oxygen atoms in total. The van der Waals surface area contributed by atoms with Crippen LogP contribution in [0.3, 0.4) is 0 Å². The molecule has 0 bridgehead atoms. The van der Waals surface area contributed by atoms with E-state index in [4.69, 9.17) is 23.2 Å². The number of hydrogen-bond donors (Lipinski definition) is 0. The standard InChI is InChI=1S/C7H3Cl2N4/c8-4-1-2-5(6(9)3-4)7-10-12-13-11-7/h1-3H/q-1. The average molecular weight is 214 g/mol. The second-order valence-electron chi connectivity index (χ2n) is 2.33. The summed E-state index contributed by atoms with van der Waals surface area (Å²) >= 11 is 11.6. The first-order valence-electron chi connectivity index (χ1n) is 3.41. The van der Waals surface area contributed by atoms with Crippen molar-refractivity contribution < 1.29 is 0 Å². The predicted molar refractivity (Wildman–Crippen MR) is 48.6 cm³/mol. The van der Waals surface area contributed by atoms with E-state index in [1.54, 1.807) is 18.2 Å². The Kier molecular flexibility index (Phi) is 2.16. The van der Waals surface area contributed by atoms with Gasteiger partial charge in [-0.05, 0) is 12.1 Å². The van der Waals surface area contributed by atoms with Crippen molar-refractivity contribution in [3.05, 3.63) is 28.2 Å². The number of nitrogens with zero attached hydrogens (tertiary/aromatic N) is 4. The van der Waals surface area contributed by atoms with Crippen LogP contribution in [0.1, 0.15) is 0 Å². The molecule has 1 aromatic heterocycles. The van der Waals surface area contributed by atoms with Crippen LogP contribution in [-0.4, -0.2) is 15.5 Å². The van der Waals surface area contributed by atoms with Crippen molar-refractivity contribution in [1.29, 1.82) is 0 Å². The molecule has 0 fully saturated rings. The van der Waals surface area contributed by atoms with Crippen molar-refractivity contribution in [2.24, 2.45) is 0 Å². The molecule has 13 heavy (non-hydrogen) atoms. The SMILES string of the molecule is Clc1ccc(-c2nnn[n-]2)c(Cl)c1. The van der Waals surface area contributed by atoms with Crippen molar-refractivity contribution in [2.45, 2.75) is 0 Å². The summed E-state index contributed by atoms with van der Waals surface area (Å²) in [5.41, 5.74) is 0.677. The number of tetrazole rings is 1. The van der Waals surface area contributed by atoms with Crippen LogP contribution >= 0.6 is 23.2 Å². The second-order valence-corrected chi connectivity index (χ2v) is 3.17. The normalized spacial score (nSPS) is 10.3. The maximum Gasteiger partial charge on any atom is 0.0503 e. The fourth-order valence-electron chi connectivity index (χ4n) is 0.923. The fourth-order valence-corrected chi connectivity index (χ4v) is 1.42. The minimum atomic E-state index is 0.404. The third-order valence-corrected chi connectivity index (χ3v) is 2.04. The number of aromatic nitrogens is 4. The molecule has 0 saturated carbocycles. The molecule has 0 spiro atoms. The monoisotopic (exact) mass is 213 g/mol. The van der Waals surface area contributed by atoms with Gasteiger partial charge in [0.05, 0.1) is 5.02 Å². The molecular weight excluding hydrogens is 211 g/mol. The first-order chi connectivity index (χ1) is 6.27. The maximum atomic E-state index is 5.90. The Morgan fingerprint density at radius 2 is 2.08 bits per heavy atom. The molecule has 0 amide bonds. The van der Waals surface area contributed by atoms with E-state index in [0.29, 0.717) is 21.4 Å². The van der Waals surface area contributed by atoms with Crippen LogP contribution in [0.25, 0.3) is 11.4 Å². The number of hydrogen-bond acceptors (Lipinski definition) is 3. The Labute approximate surface area is 83.9 Å². The van der Waals surface area contributed by atoms with Gasteiger partial charge in [0.1, 0.15) is 0 Å². The molecule has 2 rings (SSSR count). The van der Waals surface area contributed by atoms with Crippen LogP contribution in [0.15, 0.2) is 18.2 Å². The van der Waals surface area contributed by atoms with Crippen molar-refractivity contribution in [1.82, 2.24) is 20.6 Å². The largest absolute Gasteiger partial charge is 0.330 e. The van der Waals surface area contributed by atoms with Gasteiger partial charge >= 0.3 is 0 Å². The van der Waals surface area contributed by atoms with Crippen LogP contribution in [0.5, 0.6) is 0 Å². The van der Waals surface area contributed by atoms with Crippen molar-refractivity contribution in [3.63, 3.8) is 0 Å². The summed E-state index contributed by atoms with van der Waals surface area (Å²) in [5.74, 6) is 0.404. The molecule has 6 heteroatoms. The highest BCUT2D eigenvalue weighted by atomic mass is 35.5. The van der Waals surface area contributed by atoms with E-state index in [1.165, 1.54) is 0 Å². The molecule has 0 radical (unpaired) electrons. The summed E-state index contributed by atoms with van der Waals surface area (Å²) in [7, 11) is 0. The molecule has 0 saturated heterocycles. The second kappa shape index (κ2) is 3.32. The molecular formula is C7H3Cl2N4-. The molecule has 0 aliphatic carbocycles. The summed E-state index contributed by atoms with van der Waals surface area (Å²) < 4.78 is 0. The van der Waals surface area contributed by atoms with Gasteiger partial charge in [0.2, 0.25) is 0 Å². The fraction of sp³-hybridized carbons (Fsp3) is 0. The molecule has 0 aliphatic rings. The third-order valence-electron chi connectivity index (χ3n) is 1.49. The molecule has 1 aromatic carbocycles. The quantitative estimate of drug-likeness (QED) is 0.726. The van der Waals surface area contributed by atoms with Crippen molar-refractivity contribution >= 4 is 23.2 Å². The van der Waals surface area contributed by atoms with E-state index in [1.807, 2.05) is 0 Å². The summed E-state index contributed by atoms with van der Waals surface area (Å²) in [6.45, 7) is 0. The van der Waals surface area contributed by atoms with Gasteiger partial charge in [-0.3, -0.25) is 10.3 Å². The van der Waals surface area contributed by atoms with Crippen LogP contribution in [0.2, 0.25) is 10.0 Å². The van der Waals surface area contributed by atoms with E-state index in [9.17, 15) is 0 Å². The van der Waals surface area contributed by atoms with Crippen LogP contribution < -0.4 is 5.10 Å². The lowest BCUT2D eigenvalue weighted by molar-refractivity contribution is 0.871. The van der Waals surface area contributed by atoms with Crippen LogP contribution in [0, 0.1) is 0 Å². The topological polar surface area (TPSA) is 52.8 Å². The Balaban J connectivity index is 2.53. The summed E-state index contributed by atoms with van der Waals surface area (Å²) in [5, 5.41) is 15.1. The minimum absolute atomic E-state index is 0.404. The number of halogens is 2. The molecule has 0 unspecified atom stereocenters. The van der Waals surface area contributed by atoms with Gasteiger partial charge in [-0.2, -0.15) is 5.21 Å². The zero-order chi connectivity index (χ0) is 9.26. The highest BCUT2D eigenvalue weighted by Gasteiger charge is 2.01. The van der Waals surface area contributed by atoms with Gasteiger partial charge in [0.15, 0.2) is 0 Å². The average Bonchev–Trinajstić information content (AvgIpc) is 2.56. The lowest BCUT2D eigenvalue weighted by Gasteiger charge is -2.02. The highest BCUT2D eigenvalue weighted by molar-refractivity contribution is 6.36. The third kappa shape index (κ3) is 1.64. The van der Waals surface area contributed by atoms with Gasteiger partial charge in [-0.15, -0.1) is 0 Å². The van der Waals surface area contributed by atoms with E-state index in [0.717, 1.165) is 0 Å². The number of benzene rings is 1. The van der Waals surface area contributed by atoms with Crippen LogP contribution in [0.4, 0.5) is 0 Å². The smallest absolute Gasteiger partial charge is 0.0503 e. The lowest BCUT2D eigenvalue weighted by atomic mass is 10.2. The Morgan fingerprint density at radius 3 is 2.69 bits per heavy atom. The van der Waals surface area contributed by atoms with Crippen LogP contribution in [-0.2, 0) is 0 Å². The Bertz CT molecular complexity index is 412. The minimum Gasteiger partial charge on any atom is -0.330 e. The molecule has 2 aromatic rings. The Hall–Kier alpha value is -1.13. The Morgan fingerprint density at radius 1 is 1.23 bits per heavy atom. The molecule has 1 heterocycles. The summed E-state index contributed by atoms with van der Waals surface area (Å²) in [6.07, 6.45) is 0. The highest BCUT2D eigenvalue weighted by Crippen LogP contribution is 2.26. The van der Waals surface area contributed by atoms with E-state index in [2.05, 4.69) is 20.6 Å². The van der Waals surface area contributed by atoms with Gasteiger partial charge in [0.25, 0.3) is 0 Å².